The molecular formula is C19H14ClN3O5. The van der Waals surface area contributed by atoms with Gasteiger partial charge in [0, 0.05) is 23.4 Å². The fourth-order valence-electron chi connectivity index (χ4n) is 3.16. The van der Waals surface area contributed by atoms with Gasteiger partial charge in [-0.15, -0.1) is 0 Å². The summed E-state index contributed by atoms with van der Waals surface area (Å²) in [6.45, 7) is 1.80. The first kappa shape index (κ1) is 18.1. The second kappa shape index (κ2) is 6.43. The number of amides is 1. The first-order valence-corrected chi connectivity index (χ1v) is 8.71. The molecule has 9 heteroatoms. The zero-order chi connectivity index (χ0) is 20.1. The molecule has 1 aliphatic rings. The van der Waals surface area contributed by atoms with Crippen LogP contribution >= 0.6 is 11.6 Å². The second-order valence-corrected chi connectivity index (χ2v) is 6.92. The summed E-state index contributed by atoms with van der Waals surface area (Å²) in [5.41, 5.74) is -0.687. The van der Waals surface area contributed by atoms with Crippen molar-refractivity contribution in [3.8, 4) is 11.6 Å². The molecule has 3 aromatic rings. The number of hydrogen-bond acceptors (Lipinski definition) is 6. The summed E-state index contributed by atoms with van der Waals surface area (Å²) < 4.78 is 5.66. The zero-order valence-corrected chi connectivity index (χ0v) is 15.4. The minimum atomic E-state index is -2.10. The van der Waals surface area contributed by atoms with Gasteiger partial charge in [0.1, 0.15) is 0 Å². The highest BCUT2D eigenvalue weighted by molar-refractivity contribution is 6.31. The van der Waals surface area contributed by atoms with Gasteiger partial charge in [-0.25, -0.2) is 0 Å². The molecule has 1 aliphatic heterocycles. The third kappa shape index (κ3) is 2.74. The molecule has 8 nitrogen and oxygen atoms in total. The van der Waals surface area contributed by atoms with Crippen LogP contribution in [0.2, 0.25) is 5.02 Å². The van der Waals surface area contributed by atoms with E-state index < -0.39 is 35.4 Å². The lowest BCUT2D eigenvalue weighted by molar-refractivity contribution is -0.672. The Bertz CT molecular complexity index is 1130. The third-order valence-corrected chi connectivity index (χ3v) is 5.09. The molecule has 0 saturated heterocycles. The standard InChI is InChI=1S/C19H14ClN3O5/c1-10-6-7-11(8-13(10)20)23-16(17(25)28-22-23)15(24)9-19(27)12-4-2-3-5-14(12)21-18(19)26/h2-8,27H,9H2,1H3,(H-,21,22,24,25,26). The molecule has 1 atom stereocenters. The number of benzene rings is 2. The Labute approximate surface area is 163 Å². The van der Waals surface area contributed by atoms with Crippen molar-refractivity contribution < 1.29 is 29.0 Å². The number of nitrogens with zero attached hydrogens (tertiary/aromatic N) is 2. The summed E-state index contributed by atoms with van der Waals surface area (Å²) in [6, 6.07) is 11.3. The number of para-hydroxylation sites is 1. The minimum Gasteiger partial charge on any atom is -0.539 e. The van der Waals surface area contributed by atoms with Gasteiger partial charge in [-0.05, 0) is 23.2 Å². The maximum absolute atomic E-state index is 12.9. The number of rotatable bonds is 4. The molecule has 142 valence electrons. The van der Waals surface area contributed by atoms with Crippen molar-refractivity contribution in [3.63, 3.8) is 0 Å². The Morgan fingerprint density at radius 3 is 2.86 bits per heavy atom. The summed E-state index contributed by atoms with van der Waals surface area (Å²) in [6.07, 6.45) is -0.647. The van der Waals surface area contributed by atoms with Gasteiger partial charge in [0.05, 0.1) is 16.7 Å². The van der Waals surface area contributed by atoms with Gasteiger partial charge in [-0.2, -0.15) is 0 Å². The van der Waals surface area contributed by atoms with Crippen molar-refractivity contribution in [3.05, 3.63) is 64.3 Å². The quantitative estimate of drug-likeness (QED) is 0.505. The molecule has 1 aromatic heterocycles. The number of nitrogens with one attached hydrogen (secondary N) is 1. The maximum atomic E-state index is 12.9. The van der Waals surface area contributed by atoms with E-state index >= 15 is 0 Å². The van der Waals surface area contributed by atoms with Gasteiger partial charge < -0.3 is 20.1 Å². The fraction of sp³-hybridized carbons (Fsp3) is 0.158. The van der Waals surface area contributed by atoms with E-state index in [1.807, 2.05) is 0 Å². The van der Waals surface area contributed by atoms with Gasteiger partial charge in [-0.3, -0.25) is 9.59 Å². The summed E-state index contributed by atoms with van der Waals surface area (Å²) in [5, 5.41) is 29.6. The summed E-state index contributed by atoms with van der Waals surface area (Å²) in [5.74, 6) is -2.51. The fourth-order valence-corrected chi connectivity index (χ4v) is 3.34. The van der Waals surface area contributed by atoms with Crippen LogP contribution < -0.4 is 15.1 Å². The average molecular weight is 400 g/mol. The molecule has 0 spiro atoms. The van der Waals surface area contributed by atoms with Gasteiger partial charge in [-0.1, -0.05) is 35.9 Å². The molecule has 1 unspecified atom stereocenters. The number of anilines is 1. The highest BCUT2D eigenvalue weighted by Crippen LogP contribution is 2.39. The Hall–Kier alpha value is -3.23. The molecule has 4 rings (SSSR count). The van der Waals surface area contributed by atoms with Crippen LogP contribution in [0.5, 0.6) is 5.95 Å². The summed E-state index contributed by atoms with van der Waals surface area (Å²) in [7, 11) is 0. The third-order valence-electron chi connectivity index (χ3n) is 4.69. The van der Waals surface area contributed by atoms with E-state index in [9.17, 15) is 19.8 Å². The molecule has 2 aromatic carbocycles. The predicted molar refractivity (Wildman–Crippen MR) is 95.1 cm³/mol. The van der Waals surface area contributed by atoms with Gasteiger partial charge in [0.2, 0.25) is 11.5 Å². The van der Waals surface area contributed by atoms with Crippen LogP contribution in [0, 0.1) is 6.92 Å². The van der Waals surface area contributed by atoms with E-state index in [0.29, 0.717) is 16.4 Å². The van der Waals surface area contributed by atoms with Crippen LogP contribution in [0.25, 0.3) is 5.69 Å². The Kier molecular flexibility index (Phi) is 4.17. The van der Waals surface area contributed by atoms with Crippen molar-refractivity contribution in [1.82, 2.24) is 5.27 Å². The van der Waals surface area contributed by atoms with Crippen LogP contribution in [-0.4, -0.2) is 22.1 Å². The summed E-state index contributed by atoms with van der Waals surface area (Å²) in [4.78, 5) is 25.2. The number of carbonyl (C=O) groups excluding carboxylic acids is 2. The van der Waals surface area contributed by atoms with E-state index in [0.717, 1.165) is 10.2 Å². The van der Waals surface area contributed by atoms with Crippen LogP contribution in [0.15, 0.2) is 47.0 Å². The topological polar surface area (TPSA) is 119 Å². The SMILES string of the molecule is Cc1ccc(-[n+]2noc([O-])c2C(=O)CC2(O)C(=O)Nc3ccccc32)cc1Cl. The Morgan fingerprint density at radius 2 is 2.11 bits per heavy atom. The molecule has 2 heterocycles. The number of carbonyl (C=O) groups is 2. The smallest absolute Gasteiger partial charge is 0.306 e. The highest BCUT2D eigenvalue weighted by Gasteiger charge is 2.48. The Balaban J connectivity index is 1.73. The van der Waals surface area contributed by atoms with Crippen molar-refractivity contribution >= 4 is 29.0 Å². The molecule has 0 saturated carbocycles. The average Bonchev–Trinajstić information content (AvgIpc) is 3.16. The van der Waals surface area contributed by atoms with Gasteiger partial charge in [0.15, 0.2) is 11.5 Å². The van der Waals surface area contributed by atoms with Crippen LogP contribution in [0.4, 0.5) is 5.69 Å². The van der Waals surface area contributed by atoms with E-state index in [1.54, 1.807) is 43.3 Å². The number of ketones is 1. The molecular weight excluding hydrogens is 386 g/mol. The van der Waals surface area contributed by atoms with Crippen molar-refractivity contribution in [1.29, 1.82) is 0 Å². The zero-order valence-electron chi connectivity index (χ0n) is 14.6. The number of fused-ring (bicyclic) bond motifs is 1. The van der Waals surface area contributed by atoms with Crippen molar-refractivity contribution in [2.45, 2.75) is 18.9 Å². The van der Waals surface area contributed by atoms with E-state index in [2.05, 4.69) is 15.1 Å². The monoisotopic (exact) mass is 399 g/mol. The first-order chi connectivity index (χ1) is 13.3. The van der Waals surface area contributed by atoms with E-state index in [-0.39, 0.29) is 5.56 Å². The number of aliphatic hydroxyl groups is 1. The number of Topliss-reactive ketones (excluding diaryl/α,β-unsaturated/α-hetero) is 1. The molecule has 2 N–H and O–H groups in total. The number of aromatic nitrogens is 2. The highest BCUT2D eigenvalue weighted by atomic mass is 35.5. The predicted octanol–water partition coefficient (Wildman–Crippen LogP) is 1.40. The number of aryl methyl sites for hydroxylation is 1. The first-order valence-electron chi connectivity index (χ1n) is 8.33. The molecule has 0 aliphatic carbocycles. The maximum Gasteiger partial charge on any atom is 0.306 e. The van der Waals surface area contributed by atoms with Gasteiger partial charge in [0.25, 0.3) is 5.91 Å². The minimum absolute atomic E-state index is 0.266. The van der Waals surface area contributed by atoms with Crippen LogP contribution in [0.3, 0.4) is 0 Å². The van der Waals surface area contributed by atoms with E-state index in [4.69, 9.17) is 11.6 Å². The van der Waals surface area contributed by atoms with Crippen molar-refractivity contribution in [2.75, 3.05) is 5.32 Å². The Morgan fingerprint density at radius 1 is 1.36 bits per heavy atom. The normalized spacial score (nSPS) is 18.0. The van der Waals surface area contributed by atoms with E-state index in [1.165, 1.54) is 6.07 Å². The largest absolute Gasteiger partial charge is 0.539 e. The van der Waals surface area contributed by atoms with Gasteiger partial charge >= 0.3 is 5.69 Å². The molecule has 28 heavy (non-hydrogen) atoms. The number of hydrogen-bond donors (Lipinski definition) is 2. The van der Waals surface area contributed by atoms with Crippen LogP contribution in [0.1, 0.15) is 28.0 Å². The molecule has 0 radical (unpaired) electrons. The number of halogens is 1. The molecule has 0 bridgehead atoms. The lowest BCUT2D eigenvalue weighted by atomic mass is 9.89. The molecule has 0 fully saturated rings. The second-order valence-electron chi connectivity index (χ2n) is 6.51. The molecule has 1 amide bonds. The lowest BCUT2D eigenvalue weighted by Gasteiger charge is -2.19. The van der Waals surface area contributed by atoms with Crippen LogP contribution in [-0.2, 0) is 10.4 Å². The summed E-state index contributed by atoms with van der Waals surface area (Å²) >= 11 is 6.11. The lowest BCUT2D eigenvalue weighted by Crippen LogP contribution is -2.42. The van der Waals surface area contributed by atoms with Crippen molar-refractivity contribution in [2.24, 2.45) is 0 Å².